The van der Waals surface area contributed by atoms with Gasteiger partial charge in [-0.3, -0.25) is 9.69 Å². The van der Waals surface area contributed by atoms with E-state index in [0.717, 1.165) is 12.8 Å². The molecule has 2 aromatic carbocycles. The topological polar surface area (TPSA) is 48.0 Å². The summed E-state index contributed by atoms with van der Waals surface area (Å²) in [5, 5.41) is 2.63. The molecule has 2 saturated heterocycles. The van der Waals surface area contributed by atoms with Gasteiger partial charge < -0.3 is 13.9 Å². The molecule has 2 aromatic rings. The number of benzene rings is 2. The van der Waals surface area contributed by atoms with Gasteiger partial charge in [-0.15, -0.1) is 13.2 Å². The van der Waals surface area contributed by atoms with E-state index in [1.54, 1.807) is 17.1 Å². The van der Waals surface area contributed by atoms with Crippen molar-refractivity contribution in [1.29, 1.82) is 0 Å². The molecule has 2 fully saturated rings. The highest BCUT2D eigenvalue weighted by molar-refractivity contribution is 7.80. The van der Waals surface area contributed by atoms with E-state index in [1.807, 2.05) is 12.1 Å². The van der Waals surface area contributed by atoms with Crippen LogP contribution in [0.2, 0.25) is 5.04 Å². The molecule has 0 aromatic heterocycles. The lowest BCUT2D eigenvalue weighted by molar-refractivity contribution is -0.130. The maximum Gasteiger partial charge on any atom is 0.266 e. The quantitative estimate of drug-likeness (QED) is 0.204. The van der Waals surface area contributed by atoms with Crippen LogP contribution >= 0.6 is 12.2 Å². The predicted octanol–water partition coefficient (Wildman–Crippen LogP) is 5.54. The second-order valence-corrected chi connectivity index (χ2v) is 16.3. The summed E-state index contributed by atoms with van der Waals surface area (Å²) in [5.74, 6) is -0.0615. The van der Waals surface area contributed by atoms with E-state index in [0.29, 0.717) is 26.0 Å². The average Bonchev–Trinajstić information content (AvgIpc) is 3.49. The number of rotatable bonds is 11. The minimum Gasteiger partial charge on any atom is -0.461 e. The predicted molar refractivity (Wildman–Crippen MR) is 164 cm³/mol. The summed E-state index contributed by atoms with van der Waals surface area (Å²) in [4.78, 5) is 14.8. The molecule has 5 nitrogen and oxygen atoms in total. The van der Waals surface area contributed by atoms with E-state index in [4.69, 9.17) is 26.1 Å². The fraction of sp³-hybridized carbons (Fsp3) is 0.438. The fourth-order valence-electron chi connectivity index (χ4n) is 5.97. The zero-order valence-electron chi connectivity index (χ0n) is 23.4. The molecule has 2 heterocycles. The Kier molecular flexibility index (Phi) is 9.27. The number of hydrogen-bond acceptors (Lipinski definition) is 5. The van der Waals surface area contributed by atoms with Crippen LogP contribution in [0.15, 0.2) is 86.0 Å². The minimum absolute atomic E-state index is 0.0615. The van der Waals surface area contributed by atoms with Crippen molar-refractivity contribution in [3.05, 3.63) is 86.0 Å². The van der Waals surface area contributed by atoms with Crippen LogP contribution in [0.5, 0.6) is 0 Å². The first-order valence-electron chi connectivity index (χ1n) is 13.8. The van der Waals surface area contributed by atoms with Gasteiger partial charge in [0.2, 0.25) is 5.91 Å². The van der Waals surface area contributed by atoms with Crippen molar-refractivity contribution in [2.45, 2.75) is 75.7 Å². The van der Waals surface area contributed by atoms with Gasteiger partial charge in [-0.2, -0.15) is 0 Å². The van der Waals surface area contributed by atoms with Crippen molar-refractivity contribution >= 4 is 42.0 Å². The molecule has 4 rings (SSSR count). The van der Waals surface area contributed by atoms with Crippen LogP contribution in [0.4, 0.5) is 0 Å². The highest BCUT2D eigenvalue weighted by Crippen LogP contribution is 2.38. The smallest absolute Gasteiger partial charge is 0.266 e. The van der Waals surface area contributed by atoms with E-state index < -0.39 is 13.9 Å². The van der Waals surface area contributed by atoms with Crippen LogP contribution in [0.25, 0.3) is 0 Å². The highest BCUT2D eigenvalue weighted by atomic mass is 32.1. The first kappa shape index (κ1) is 29.4. The van der Waals surface area contributed by atoms with Crippen molar-refractivity contribution in [3.63, 3.8) is 0 Å². The van der Waals surface area contributed by atoms with Gasteiger partial charge in [-0.05, 0) is 40.5 Å². The van der Waals surface area contributed by atoms with Crippen LogP contribution < -0.4 is 10.4 Å². The maximum atomic E-state index is 13.2. The number of carbonyl (C=O) groups is 1. The summed E-state index contributed by atoms with van der Waals surface area (Å²) in [6.07, 6.45) is 6.52. The van der Waals surface area contributed by atoms with E-state index >= 15 is 0 Å². The number of nitrogens with zero attached hydrogens (tertiary/aromatic N) is 1. The molecule has 2 aliphatic rings. The van der Waals surface area contributed by atoms with Gasteiger partial charge in [-0.25, -0.2) is 0 Å². The van der Waals surface area contributed by atoms with Gasteiger partial charge in [0.15, 0.2) is 0 Å². The molecule has 7 heteroatoms. The Morgan fingerprint density at radius 2 is 1.56 bits per heavy atom. The lowest BCUT2D eigenvalue weighted by atomic mass is 9.95. The van der Waals surface area contributed by atoms with E-state index in [9.17, 15) is 4.79 Å². The monoisotopic (exact) mass is 563 g/mol. The van der Waals surface area contributed by atoms with Gasteiger partial charge >= 0.3 is 0 Å². The molecule has 0 N–H and O–H groups in total. The van der Waals surface area contributed by atoms with Gasteiger partial charge in [0, 0.05) is 12.8 Å². The molecule has 0 unspecified atom stereocenters. The highest BCUT2D eigenvalue weighted by Gasteiger charge is 2.51. The SMILES string of the molecule is C=CCC1(CC=C)CN(C(=O)C[C@@H]2CC[C@@H](CO[Si](c3ccccc3)(c3ccccc3)C(C)(C)C)O2)C(=S)O1. The van der Waals surface area contributed by atoms with Crippen molar-refractivity contribution in [2.24, 2.45) is 0 Å². The fourth-order valence-corrected chi connectivity index (χ4v) is 10.9. The van der Waals surface area contributed by atoms with Crippen molar-refractivity contribution in [1.82, 2.24) is 4.90 Å². The molecule has 39 heavy (non-hydrogen) atoms. The molecule has 0 bridgehead atoms. The third-order valence-corrected chi connectivity index (χ3v) is 13.1. The third-order valence-electron chi connectivity index (χ3n) is 7.80. The van der Waals surface area contributed by atoms with Gasteiger partial charge in [-0.1, -0.05) is 93.6 Å². The van der Waals surface area contributed by atoms with E-state index in [-0.39, 0.29) is 34.7 Å². The molecule has 0 radical (unpaired) electrons. The Balaban J connectivity index is 1.44. The average molecular weight is 564 g/mol. The van der Waals surface area contributed by atoms with Crippen molar-refractivity contribution in [2.75, 3.05) is 13.2 Å². The molecular formula is C32H41NO4SSi. The van der Waals surface area contributed by atoms with Gasteiger partial charge in [0.1, 0.15) is 5.60 Å². The Hall–Kier alpha value is -2.58. The Morgan fingerprint density at radius 3 is 2.08 bits per heavy atom. The molecule has 2 atom stereocenters. The summed E-state index contributed by atoms with van der Waals surface area (Å²) in [7, 11) is -2.64. The number of carbonyl (C=O) groups excluding carboxylic acids is 1. The molecule has 0 spiro atoms. The van der Waals surface area contributed by atoms with E-state index in [2.05, 4.69) is 82.5 Å². The van der Waals surface area contributed by atoms with Crippen molar-refractivity contribution < 1.29 is 18.7 Å². The zero-order valence-corrected chi connectivity index (χ0v) is 25.3. The summed E-state index contributed by atoms with van der Waals surface area (Å²) >= 11 is 5.43. The second-order valence-electron chi connectivity index (χ2n) is 11.7. The molecule has 2 aliphatic heterocycles. The summed E-state index contributed by atoms with van der Waals surface area (Å²) in [6, 6.07) is 21.2. The molecular weight excluding hydrogens is 523 g/mol. The Bertz CT molecular complexity index is 1110. The van der Waals surface area contributed by atoms with Crippen LogP contribution in [-0.4, -0.2) is 55.3 Å². The first-order chi connectivity index (χ1) is 18.6. The van der Waals surface area contributed by atoms with Crippen LogP contribution in [-0.2, 0) is 18.7 Å². The van der Waals surface area contributed by atoms with Gasteiger partial charge in [0.05, 0.1) is 31.8 Å². The second kappa shape index (κ2) is 12.3. The zero-order chi connectivity index (χ0) is 28.1. The number of hydrogen-bond donors (Lipinski definition) is 0. The first-order valence-corrected chi connectivity index (χ1v) is 16.1. The summed E-state index contributed by atoms with van der Waals surface area (Å²) < 4.78 is 19.4. The lowest BCUT2D eigenvalue weighted by Gasteiger charge is -2.43. The lowest BCUT2D eigenvalue weighted by Crippen LogP contribution is -2.67. The molecule has 0 saturated carbocycles. The standard InChI is InChI=1S/C32H41NO4SSi/c1-6-20-32(21-7-2)24-33(30(38)37-32)29(34)22-25-18-19-26(36-25)23-35-39(31(3,4)5,27-14-10-8-11-15-27)28-16-12-9-13-17-28/h6-17,25-26H,1-2,18-24H2,3-5H3/t25-,26-/m0/s1. The third kappa shape index (κ3) is 6.27. The number of thiocarbonyl (C=S) groups is 1. The van der Waals surface area contributed by atoms with Gasteiger partial charge in [0.25, 0.3) is 13.5 Å². The van der Waals surface area contributed by atoms with Crippen molar-refractivity contribution in [3.8, 4) is 0 Å². The largest absolute Gasteiger partial charge is 0.461 e. The number of ether oxygens (including phenoxy) is 2. The van der Waals surface area contributed by atoms with Crippen LogP contribution in [0, 0.1) is 0 Å². The van der Waals surface area contributed by atoms with E-state index in [1.165, 1.54) is 10.4 Å². The molecule has 1 amide bonds. The number of amides is 1. The Labute approximate surface area is 240 Å². The molecule has 208 valence electrons. The Morgan fingerprint density at radius 1 is 1.03 bits per heavy atom. The minimum atomic E-state index is -2.64. The summed E-state index contributed by atoms with van der Waals surface area (Å²) in [5.41, 5.74) is -0.570. The maximum absolute atomic E-state index is 13.2. The van der Waals surface area contributed by atoms with Crippen LogP contribution in [0.1, 0.15) is 52.9 Å². The normalized spacial score (nSPS) is 21.0. The molecule has 0 aliphatic carbocycles. The van der Waals surface area contributed by atoms with Crippen LogP contribution in [0.3, 0.4) is 0 Å². The summed E-state index contributed by atoms with van der Waals surface area (Å²) in [6.45, 7) is 15.4.